The number of halogens is 1. The zero-order valence-corrected chi connectivity index (χ0v) is 20.0. The molecule has 186 valence electrons. The first-order valence-corrected chi connectivity index (χ1v) is 11.4. The Balaban J connectivity index is 1.74. The van der Waals surface area contributed by atoms with Crippen molar-refractivity contribution in [3.8, 4) is 0 Å². The maximum Gasteiger partial charge on any atom is 0.328 e. The fraction of sp³-hybridized carbons (Fsp3) is 0.214. The number of methoxy groups -OCH3 is 1. The van der Waals surface area contributed by atoms with Gasteiger partial charge in [-0.25, -0.2) is 9.18 Å². The van der Waals surface area contributed by atoms with Crippen LogP contribution in [-0.2, 0) is 32.0 Å². The van der Waals surface area contributed by atoms with Gasteiger partial charge < -0.3 is 15.4 Å². The Morgan fingerprint density at radius 2 is 1.39 bits per heavy atom. The van der Waals surface area contributed by atoms with Gasteiger partial charge in [-0.2, -0.15) is 0 Å². The molecule has 0 aliphatic carbocycles. The first-order valence-electron chi connectivity index (χ1n) is 11.4. The fourth-order valence-electron chi connectivity index (χ4n) is 3.73. The second-order valence-electron chi connectivity index (χ2n) is 8.23. The first kappa shape index (κ1) is 26.3. The van der Waals surface area contributed by atoms with Crippen LogP contribution in [0, 0.1) is 5.82 Å². The van der Waals surface area contributed by atoms with Gasteiger partial charge >= 0.3 is 5.97 Å². The third-order valence-corrected chi connectivity index (χ3v) is 5.57. The lowest BCUT2D eigenvalue weighted by atomic mass is 9.99. The van der Waals surface area contributed by atoms with E-state index in [1.54, 1.807) is 54.6 Å². The molecule has 3 aromatic rings. The summed E-state index contributed by atoms with van der Waals surface area (Å²) in [6.07, 6.45) is -0.00696. The Kier molecular flexibility index (Phi) is 9.05. The number of hydrogen-bond acceptors (Lipinski definition) is 5. The molecule has 0 bridgehead atoms. The lowest BCUT2D eigenvalue weighted by Crippen LogP contribution is -2.53. The van der Waals surface area contributed by atoms with Gasteiger partial charge in [0.25, 0.3) is 0 Å². The van der Waals surface area contributed by atoms with Crippen LogP contribution in [0.5, 0.6) is 0 Å². The number of carbonyl (C=O) groups is 4. The van der Waals surface area contributed by atoms with E-state index in [0.29, 0.717) is 16.7 Å². The monoisotopic (exact) mass is 490 g/mol. The van der Waals surface area contributed by atoms with Crippen molar-refractivity contribution in [2.24, 2.45) is 0 Å². The van der Waals surface area contributed by atoms with Crippen molar-refractivity contribution in [2.45, 2.75) is 31.8 Å². The number of ether oxygens (including phenoxy) is 1. The summed E-state index contributed by atoms with van der Waals surface area (Å²) < 4.78 is 19.0. The molecule has 0 radical (unpaired) electrons. The van der Waals surface area contributed by atoms with Crippen molar-refractivity contribution in [2.75, 3.05) is 7.11 Å². The van der Waals surface area contributed by atoms with E-state index in [0.717, 1.165) is 0 Å². The molecular weight excluding hydrogens is 463 g/mol. The van der Waals surface area contributed by atoms with Gasteiger partial charge in [0, 0.05) is 30.9 Å². The second kappa shape index (κ2) is 12.4. The largest absolute Gasteiger partial charge is 0.467 e. The van der Waals surface area contributed by atoms with Gasteiger partial charge in [0.15, 0.2) is 5.78 Å². The van der Waals surface area contributed by atoms with Crippen LogP contribution in [0.3, 0.4) is 0 Å². The molecule has 0 fully saturated rings. The zero-order valence-electron chi connectivity index (χ0n) is 20.0. The highest BCUT2D eigenvalue weighted by Crippen LogP contribution is 2.14. The van der Waals surface area contributed by atoms with Gasteiger partial charge in [-0.3, -0.25) is 14.4 Å². The standard InChI is InChI=1S/C28H27FN2O5/c1-18(32)30-24(17-22-10-6-7-11-23(22)29)27(34)31-25(28(35)36-2)16-19-12-14-21(15-13-19)26(33)20-8-4-3-5-9-20/h3-15,24-25H,16-17H2,1-2H3,(H,30,32)(H,31,34)/t24-,25-/m0/s1. The molecule has 0 saturated carbocycles. The third-order valence-electron chi connectivity index (χ3n) is 5.57. The summed E-state index contributed by atoms with van der Waals surface area (Å²) >= 11 is 0. The van der Waals surface area contributed by atoms with Crippen LogP contribution in [0.1, 0.15) is 34.0 Å². The average Bonchev–Trinajstić information content (AvgIpc) is 2.89. The molecular formula is C28H27FN2O5. The Hall–Kier alpha value is -4.33. The van der Waals surface area contributed by atoms with Crippen molar-refractivity contribution < 1.29 is 28.3 Å². The van der Waals surface area contributed by atoms with E-state index >= 15 is 0 Å². The highest BCUT2D eigenvalue weighted by molar-refractivity contribution is 6.08. The zero-order chi connectivity index (χ0) is 26.1. The molecule has 2 atom stereocenters. The van der Waals surface area contributed by atoms with Crippen LogP contribution in [-0.4, -0.2) is 42.8 Å². The Labute approximate surface area is 208 Å². The van der Waals surface area contributed by atoms with Gasteiger partial charge in [-0.05, 0) is 17.2 Å². The summed E-state index contributed by atoms with van der Waals surface area (Å²) in [6.45, 7) is 1.25. The Morgan fingerprint density at radius 1 is 0.778 bits per heavy atom. The SMILES string of the molecule is COC(=O)[C@H](Cc1ccc(C(=O)c2ccccc2)cc1)NC(=O)[C@H](Cc1ccccc1F)NC(C)=O. The molecule has 36 heavy (non-hydrogen) atoms. The van der Waals surface area contributed by atoms with Gasteiger partial charge in [-0.1, -0.05) is 72.8 Å². The molecule has 0 unspecified atom stereocenters. The molecule has 3 aromatic carbocycles. The van der Waals surface area contributed by atoms with Crippen LogP contribution in [0.4, 0.5) is 4.39 Å². The molecule has 2 N–H and O–H groups in total. The second-order valence-corrected chi connectivity index (χ2v) is 8.23. The fourth-order valence-corrected chi connectivity index (χ4v) is 3.73. The van der Waals surface area contributed by atoms with Gasteiger partial charge in [0.2, 0.25) is 11.8 Å². The van der Waals surface area contributed by atoms with Crippen LogP contribution in [0.15, 0.2) is 78.9 Å². The molecule has 3 rings (SSSR count). The summed E-state index contributed by atoms with van der Waals surface area (Å²) in [5.74, 6) is -2.44. The van der Waals surface area contributed by atoms with Crippen molar-refractivity contribution in [3.05, 3.63) is 107 Å². The number of esters is 1. The predicted molar refractivity (Wildman–Crippen MR) is 132 cm³/mol. The molecule has 0 aliphatic rings. The molecule has 2 amide bonds. The number of benzene rings is 3. The smallest absolute Gasteiger partial charge is 0.328 e. The first-order chi connectivity index (χ1) is 17.3. The number of carbonyl (C=O) groups excluding carboxylic acids is 4. The Bertz CT molecular complexity index is 1230. The minimum Gasteiger partial charge on any atom is -0.467 e. The van der Waals surface area contributed by atoms with E-state index < -0.39 is 35.7 Å². The summed E-state index contributed by atoms with van der Waals surface area (Å²) in [5, 5.41) is 5.12. The number of rotatable bonds is 10. The van der Waals surface area contributed by atoms with Crippen molar-refractivity contribution in [1.29, 1.82) is 0 Å². The lowest BCUT2D eigenvalue weighted by molar-refractivity contribution is -0.145. The van der Waals surface area contributed by atoms with Crippen LogP contribution in [0.2, 0.25) is 0 Å². The van der Waals surface area contributed by atoms with Gasteiger partial charge in [0.1, 0.15) is 17.9 Å². The van der Waals surface area contributed by atoms with E-state index in [4.69, 9.17) is 4.74 Å². The van der Waals surface area contributed by atoms with Gasteiger partial charge in [0.05, 0.1) is 7.11 Å². The third kappa shape index (κ3) is 7.09. The molecule has 8 heteroatoms. The highest BCUT2D eigenvalue weighted by atomic mass is 19.1. The molecule has 0 spiro atoms. The minimum atomic E-state index is -1.10. The van der Waals surface area contributed by atoms with Crippen molar-refractivity contribution >= 4 is 23.6 Å². The van der Waals surface area contributed by atoms with Crippen LogP contribution in [0.25, 0.3) is 0 Å². The normalized spacial score (nSPS) is 12.2. The summed E-state index contributed by atoms with van der Waals surface area (Å²) in [7, 11) is 1.20. The van der Waals surface area contributed by atoms with E-state index in [-0.39, 0.29) is 24.2 Å². The summed E-state index contributed by atoms with van der Waals surface area (Å²) in [6, 6.07) is 19.3. The summed E-state index contributed by atoms with van der Waals surface area (Å²) in [5.41, 5.74) is 1.98. The molecule has 0 saturated heterocycles. The van der Waals surface area contributed by atoms with E-state index in [1.165, 1.54) is 32.2 Å². The average molecular weight is 491 g/mol. The van der Waals surface area contributed by atoms with E-state index in [1.807, 2.05) is 6.07 Å². The number of hydrogen-bond donors (Lipinski definition) is 2. The summed E-state index contributed by atoms with van der Waals surface area (Å²) in [4.78, 5) is 49.8. The maximum atomic E-state index is 14.1. The van der Waals surface area contributed by atoms with Gasteiger partial charge in [-0.15, -0.1) is 0 Å². The number of ketones is 1. The van der Waals surface area contributed by atoms with E-state index in [2.05, 4.69) is 10.6 Å². The number of nitrogens with one attached hydrogen (secondary N) is 2. The predicted octanol–water partition coefficient (Wildman–Crippen LogP) is 3.00. The van der Waals surface area contributed by atoms with Crippen LogP contribution < -0.4 is 10.6 Å². The molecule has 0 aliphatic heterocycles. The topological polar surface area (TPSA) is 102 Å². The highest BCUT2D eigenvalue weighted by Gasteiger charge is 2.28. The van der Waals surface area contributed by atoms with Crippen molar-refractivity contribution in [1.82, 2.24) is 10.6 Å². The number of amides is 2. The Morgan fingerprint density at radius 3 is 2.00 bits per heavy atom. The molecule has 0 heterocycles. The van der Waals surface area contributed by atoms with Crippen molar-refractivity contribution in [3.63, 3.8) is 0 Å². The van der Waals surface area contributed by atoms with Crippen LogP contribution >= 0.6 is 0 Å². The lowest BCUT2D eigenvalue weighted by Gasteiger charge is -2.22. The molecule has 0 aromatic heterocycles. The molecule has 7 nitrogen and oxygen atoms in total. The van der Waals surface area contributed by atoms with E-state index in [9.17, 15) is 23.6 Å². The quantitative estimate of drug-likeness (QED) is 0.336. The maximum absolute atomic E-state index is 14.1. The minimum absolute atomic E-state index is 0.0880.